The number of hydrogen-bond donors (Lipinski definition) is 0. The van der Waals surface area contributed by atoms with Gasteiger partial charge in [0.05, 0.1) is 28.1 Å². The molecule has 0 bridgehead atoms. The highest BCUT2D eigenvalue weighted by atomic mass is 15.2. The summed E-state index contributed by atoms with van der Waals surface area (Å²) in [6, 6.07) is 82.5. The molecule has 352 valence electrons. The number of aromatic nitrogens is 6. The number of pyridine rings is 1. The van der Waals surface area contributed by atoms with E-state index in [4.69, 9.17) is 19.9 Å². The molecule has 4 aromatic heterocycles. The van der Waals surface area contributed by atoms with E-state index in [1.54, 1.807) is 0 Å². The van der Waals surface area contributed by atoms with Gasteiger partial charge < -0.3 is 9.47 Å². The Kier molecular flexibility index (Phi) is 9.88. The van der Waals surface area contributed by atoms with Crippen LogP contribution in [-0.2, 0) is 0 Å². The lowest BCUT2D eigenvalue weighted by atomic mass is 9.93. The Balaban J connectivity index is 0.883. The maximum atomic E-state index is 5.21. The van der Waals surface area contributed by atoms with Crippen LogP contribution in [0, 0.1) is 0 Å². The van der Waals surface area contributed by atoms with E-state index in [0.717, 1.165) is 73.1 Å². The molecule has 0 amide bonds. The molecule has 0 fully saturated rings. The molecule has 75 heavy (non-hydrogen) atoms. The maximum Gasteiger partial charge on any atom is 0.165 e. The van der Waals surface area contributed by atoms with Crippen LogP contribution in [-0.4, -0.2) is 35.1 Å². The molecule has 1 aliphatic heterocycles. The van der Waals surface area contributed by atoms with Crippen LogP contribution in [0.4, 0.5) is 11.4 Å². The zero-order valence-electron chi connectivity index (χ0n) is 40.7. The highest BCUT2D eigenvalue weighted by Gasteiger charge is 2.35. The fourth-order valence-corrected chi connectivity index (χ4v) is 11.6. The van der Waals surface area contributed by atoms with Crippen LogP contribution in [0.5, 0.6) is 0 Å². The molecular formula is C68H45N7. The summed E-state index contributed by atoms with van der Waals surface area (Å²) in [5.41, 5.74) is 18.1. The second-order valence-electron chi connectivity index (χ2n) is 19.4. The van der Waals surface area contributed by atoms with Gasteiger partial charge in [-0.2, -0.15) is 0 Å². The molecule has 0 radical (unpaired) electrons. The monoisotopic (exact) mass is 959 g/mol. The third-order valence-corrected chi connectivity index (χ3v) is 15.1. The van der Waals surface area contributed by atoms with E-state index in [-0.39, 0.29) is 6.04 Å². The lowest BCUT2D eigenvalue weighted by Gasteiger charge is -2.28. The van der Waals surface area contributed by atoms with Crippen LogP contribution in [0.25, 0.3) is 117 Å². The third-order valence-electron chi connectivity index (χ3n) is 15.1. The second-order valence-corrected chi connectivity index (χ2v) is 19.4. The summed E-state index contributed by atoms with van der Waals surface area (Å²) in [4.78, 5) is 22.6. The van der Waals surface area contributed by atoms with E-state index in [2.05, 4.69) is 202 Å². The van der Waals surface area contributed by atoms with Gasteiger partial charge in [0, 0.05) is 67.1 Å². The van der Waals surface area contributed by atoms with Crippen molar-refractivity contribution in [1.29, 1.82) is 0 Å². The largest absolute Gasteiger partial charge is 0.333 e. The van der Waals surface area contributed by atoms with Crippen LogP contribution in [0.1, 0.15) is 12.0 Å². The maximum absolute atomic E-state index is 5.21. The van der Waals surface area contributed by atoms with Crippen molar-refractivity contribution in [2.45, 2.75) is 12.5 Å². The first-order chi connectivity index (χ1) is 37.2. The van der Waals surface area contributed by atoms with Crippen molar-refractivity contribution in [2.24, 2.45) is 0 Å². The summed E-state index contributed by atoms with van der Waals surface area (Å²) >= 11 is 0. The highest BCUT2D eigenvalue weighted by Crippen LogP contribution is 2.49. The van der Waals surface area contributed by atoms with Gasteiger partial charge in [0.2, 0.25) is 0 Å². The molecule has 0 N–H and O–H groups in total. The molecule has 9 aromatic carbocycles. The third kappa shape index (κ3) is 7.12. The first-order valence-electron chi connectivity index (χ1n) is 25.6. The van der Waals surface area contributed by atoms with Gasteiger partial charge in [0.15, 0.2) is 17.5 Å². The quantitative estimate of drug-likeness (QED) is 0.152. The van der Waals surface area contributed by atoms with Crippen LogP contribution < -0.4 is 4.90 Å². The van der Waals surface area contributed by atoms with Crippen molar-refractivity contribution in [2.75, 3.05) is 4.90 Å². The molecule has 2 aliphatic rings. The van der Waals surface area contributed by atoms with Gasteiger partial charge in [-0.05, 0) is 125 Å². The average Bonchev–Trinajstić information content (AvgIpc) is 4.14. The van der Waals surface area contributed by atoms with Crippen molar-refractivity contribution in [3.8, 4) is 67.9 Å². The van der Waals surface area contributed by atoms with Crippen LogP contribution >= 0.6 is 0 Å². The summed E-state index contributed by atoms with van der Waals surface area (Å²) in [7, 11) is 0. The average molecular weight is 960 g/mol. The molecule has 7 nitrogen and oxygen atoms in total. The number of nitrogens with zero attached hydrogens (tertiary/aromatic N) is 7. The van der Waals surface area contributed by atoms with E-state index in [1.807, 2.05) is 66.9 Å². The SMILES string of the molecule is C1=CCC2C(=C1)c1cc(-c3ccc4c(c3)c3cc(-c5ccc6c(c5)c5ccccc5n6-c5ccccc5)ccc3n4-c3ccc(-c4nc(-c5ccccc5)nc(-c5ccccc5)n4)cn3)ccc1N2c1ccccc1. The van der Waals surface area contributed by atoms with Gasteiger partial charge in [-0.25, -0.2) is 19.9 Å². The molecule has 15 rings (SSSR count). The molecule has 7 heteroatoms. The number of benzene rings is 9. The Morgan fingerprint density at radius 2 is 0.853 bits per heavy atom. The standard InChI is InChI=1S/C68H45N7/c1-5-17-44(18-6-1)66-70-67(45-19-7-2-8-20-45)72-68(71-66)50-33-38-65(69-43-50)75-63-36-31-48(46-29-34-61-55(39-46)53-25-13-15-27-59(53)73(61)51-21-9-3-10-22-51)41-57(63)58-42-49(32-37-64(58)75)47-30-35-62-56(40-47)54-26-14-16-28-60(54)74(62)52-23-11-4-12-24-52/h1-27,29-43,60H,28H2. The Hall–Kier alpha value is -9.98. The van der Waals surface area contributed by atoms with Crippen LogP contribution in [0.15, 0.2) is 255 Å². The van der Waals surface area contributed by atoms with Gasteiger partial charge in [-0.15, -0.1) is 0 Å². The lowest BCUT2D eigenvalue weighted by molar-refractivity contribution is 0.829. The smallest absolute Gasteiger partial charge is 0.165 e. The lowest BCUT2D eigenvalue weighted by Crippen LogP contribution is -2.26. The Labute approximate surface area is 433 Å². The molecule has 1 unspecified atom stereocenters. The normalized spacial score (nSPS) is 13.9. The number of anilines is 2. The zero-order valence-corrected chi connectivity index (χ0v) is 40.7. The molecule has 1 atom stereocenters. The molecule has 5 heterocycles. The molecular weight excluding hydrogens is 915 g/mol. The minimum Gasteiger partial charge on any atom is -0.333 e. The predicted molar refractivity (Wildman–Crippen MR) is 308 cm³/mol. The van der Waals surface area contributed by atoms with Crippen molar-refractivity contribution in [1.82, 2.24) is 29.1 Å². The van der Waals surface area contributed by atoms with E-state index in [9.17, 15) is 0 Å². The summed E-state index contributed by atoms with van der Waals surface area (Å²) in [5.74, 6) is 2.59. The summed E-state index contributed by atoms with van der Waals surface area (Å²) in [6.45, 7) is 0. The Bertz CT molecular complexity index is 4370. The summed E-state index contributed by atoms with van der Waals surface area (Å²) in [5, 5.41) is 4.75. The van der Waals surface area contributed by atoms with Gasteiger partial charge in [-0.3, -0.25) is 4.57 Å². The fraction of sp³-hybridized carbons (Fsp3) is 0.0294. The van der Waals surface area contributed by atoms with Crippen molar-refractivity contribution in [3.63, 3.8) is 0 Å². The van der Waals surface area contributed by atoms with Gasteiger partial charge in [0.25, 0.3) is 0 Å². The number of hydrogen-bond acceptors (Lipinski definition) is 5. The van der Waals surface area contributed by atoms with Crippen LogP contribution in [0.2, 0.25) is 0 Å². The van der Waals surface area contributed by atoms with Crippen molar-refractivity contribution < 1.29 is 0 Å². The second kappa shape index (κ2) is 17.4. The predicted octanol–water partition coefficient (Wildman–Crippen LogP) is 16.7. The minimum absolute atomic E-state index is 0.261. The summed E-state index contributed by atoms with van der Waals surface area (Å²) in [6.07, 6.45) is 9.66. The zero-order chi connectivity index (χ0) is 49.4. The molecule has 13 aromatic rings. The first-order valence-corrected chi connectivity index (χ1v) is 25.6. The molecule has 0 saturated carbocycles. The van der Waals surface area contributed by atoms with Gasteiger partial charge in [-0.1, -0.05) is 158 Å². The highest BCUT2D eigenvalue weighted by molar-refractivity contribution is 6.13. The van der Waals surface area contributed by atoms with Crippen molar-refractivity contribution in [3.05, 3.63) is 261 Å². The molecule has 0 spiro atoms. The fourth-order valence-electron chi connectivity index (χ4n) is 11.6. The first kappa shape index (κ1) is 42.7. The minimum atomic E-state index is 0.261. The number of rotatable bonds is 8. The van der Waals surface area contributed by atoms with Crippen molar-refractivity contribution >= 4 is 60.6 Å². The van der Waals surface area contributed by atoms with E-state index >= 15 is 0 Å². The van der Waals surface area contributed by atoms with E-state index in [1.165, 1.54) is 49.9 Å². The van der Waals surface area contributed by atoms with Crippen LogP contribution in [0.3, 0.4) is 0 Å². The van der Waals surface area contributed by atoms with E-state index in [0.29, 0.717) is 17.5 Å². The number of allylic oxidation sites excluding steroid dienone is 2. The number of para-hydroxylation sites is 3. The van der Waals surface area contributed by atoms with Gasteiger partial charge >= 0.3 is 0 Å². The topological polar surface area (TPSA) is 64.7 Å². The van der Waals surface area contributed by atoms with Gasteiger partial charge in [0.1, 0.15) is 5.82 Å². The summed E-state index contributed by atoms with van der Waals surface area (Å²) < 4.78 is 4.66. The molecule has 0 saturated heterocycles. The Morgan fingerprint density at radius 1 is 0.373 bits per heavy atom. The Morgan fingerprint density at radius 3 is 1.45 bits per heavy atom. The van der Waals surface area contributed by atoms with E-state index < -0.39 is 0 Å². The number of fused-ring (bicyclic) bond motifs is 9. The molecule has 1 aliphatic carbocycles.